The molecule has 0 atom stereocenters. The number of benzene rings is 1. The smallest absolute Gasteiger partial charge is 0.226 e. The van der Waals surface area contributed by atoms with Crippen LogP contribution in [-0.4, -0.2) is 41.2 Å². The van der Waals surface area contributed by atoms with E-state index >= 15 is 0 Å². The van der Waals surface area contributed by atoms with Gasteiger partial charge in [-0.25, -0.2) is 0 Å². The van der Waals surface area contributed by atoms with Crippen molar-refractivity contribution in [1.29, 1.82) is 0 Å². The summed E-state index contributed by atoms with van der Waals surface area (Å²) >= 11 is 0. The monoisotopic (exact) mass is 277 g/mol. The second-order valence-corrected chi connectivity index (χ2v) is 5.63. The van der Waals surface area contributed by atoms with Crippen LogP contribution in [0, 0.1) is 0 Å². The van der Waals surface area contributed by atoms with Gasteiger partial charge in [0, 0.05) is 13.1 Å². The van der Waals surface area contributed by atoms with E-state index in [1.54, 1.807) is 0 Å². The van der Waals surface area contributed by atoms with Crippen LogP contribution in [0.1, 0.15) is 32.3 Å². The molecule has 20 heavy (non-hydrogen) atoms. The van der Waals surface area contributed by atoms with Gasteiger partial charge in [0.25, 0.3) is 0 Å². The molecule has 0 spiro atoms. The van der Waals surface area contributed by atoms with Crippen molar-refractivity contribution in [2.75, 3.05) is 19.7 Å². The molecule has 4 nitrogen and oxygen atoms in total. The second kappa shape index (κ2) is 6.27. The first kappa shape index (κ1) is 14.9. The van der Waals surface area contributed by atoms with Crippen LogP contribution >= 0.6 is 0 Å². The highest BCUT2D eigenvalue weighted by Crippen LogP contribution is 2.22. The van der Waals surface area contributed by atoms with Gasteiger partial charge in [-0.05, 0) is 44.4 Å². The molecule has 1 aliphatic heterocycles. The van der Waals surface area contributed by atoms with Crippen molar-refractivity contribution in [3.63, 3.8) is 0 Å². The molecule has 110 valence electrons. The number of ether oxygens (including phenoxy) is 1. The Bertz CT molecular complexity index is 443. The zero-order valence-electron chi connectivity index (χ0n) is 12.3. The van der Waals surface area contributed by atoms with Crippen LogP contribution in [0.5, 0.6) is 5.75 Å². The molecule has 1 saturated heterocycles. The number of rotatable bonds is 4. The molecule has 0 aromatic heterocycles. The number of carbonyl (C=O) groups excluding carboxylic acids is 1. The van der Waals surface area contributed by atoms with Gasteiger partial charge in [-0.2, -0.15) is 0 Å². The summed E-state index contributed by atoms with van der Waals surface area (Å²) in [6.45, 7) is 5.71. The number of amides is 1. The van der Waals surface area contributed by atoms with Crippen LogP contribution in [0.3, 0.4) is 0 Å². The molecular formula is C16H23NO3. The highest BCUT2D eigenvalue weighted by molar-refractivity contribution is 5.78. The van der Waals surface area contributed by atoms with Gasteiger partial charge in [-0.15, -0.1) is 0 Å². The third-order valence-electron chi connectivity index (χ3n) is 3.78. The topological polar surface area (TPSA) is 49.8 Å². The van der Waals surface area contributed by atoms with E-state index in [1.165, 1.54) is 0 Å². The van der Waals surface area contributed by atoms with E-state index in [4.69, 9.17) is 4.74 Å². The van der Waals surface area contributed by atoms with Crippen molar-refractivity contribution in [3.8, 4) is 5.75 Å². The molecule has 0 aliphatic carbocycles. The lowest BCUT2D eigenvalue weighted by Gasteiger charge is -2.35. The first-order chi connectivity index (χ1) is 9.50. The van der Waals surface area contributed by atoms with Gasteiger partial charge < -0.3 is 14.7 Å². The predicted molar refractivity (Wildman–Crippen MR) is 77.8 cm³/mol. The summed E-state index contributed by atoms with van der Waals surface area (Å²) in [4.78, 5) is 14.0. The van der Waals surface area contributed by atoms with Crippen LogP contribution in [-0.2, 0) is 11.2 Å². The fourth-order valence-corrected chi connectivity index (χ4v) is 2.39. The number of piperidine rings is 1. The van der Waals surface area contributed by atoms with Crippen molar-refractivity contribution >= 4 is 5.91 Å². The van der Waals surface area contributed by atoms with Crippen LogP contribution in [0.2, 0.25) is 0 Å². The molecule has 1 aliphatic rings. The first-order valence-corrected chi connectivity index (χ1v) is 7.22. The van der Waals surface area contributed by atoms with Crippen molar-refractivity contribution in [1.82, 2.24) is 4.90 Å². The number of hydrogen-bond acceptors (Lipinski definition) is 3. The van der Waals surface area contributed by atoms with Gasteiger partial charge in [-0.3, -0.25) is 4.79 Å². The molecule has 2 rings (SSSR count). The molecule has 1 heterocycles. The van der Waals surface area contributed by atoms with Gasteiger partial charge in [0.15, 0.2) is 0 Å². The highest BCUT2D eigenvalue weighted by atomic mass is 16.5. The molecule has 1 amide bonds. The molecular weight excluding hydrogens is 254 g/mol. The lowest BCUT2D eigenvalue weighted by Crippen LogP contribution is -2.45. The lowest BCUT2D eigenvalue weighted by molar-refractivity contribution is -0.134. The quantitative estimate of drug-likeness (QED) is 0.916. The normalized spacial score (nSPS) is 17.9. The Morgan fingerprint density at radius 2 is 1.90 bits per heavy atom. The predicted octanol–water partition coefficient (Wildman–Crippen LogP) is 2.00. The van der Waals surface area contributed by atoms with Crippen molar-refractivity contribution in [3.05, 3.63) is 29.8 Å². The van der Waals surface area contributed by atoms with Gasteiger partial charge in [0.2, 0.25) is 5.91 Å². The molecule has 0 unspecified atom stereocenters. The Morgan fingerprint density at radius 3 is 2.45 bits per heavy atom. The summed E-state index contributed by atoms with van der Waals surface area (Å²) in [5, 5.41) is 9.89. The minimum absolute atomic E-state index is 0.129. The average molecular weight is 277 g/mol. The summed E-state index contributed by atoms with van der Waals surface area (Å²) in [5.41, 5.74) is 0.381. The minimum atomic E-state index is -0.615. The van der Waals surface area contributed by atoms with Gasteiger partial charge in [0.05, 0.1) is 18.6 Å². The summed E-state index contributed by atoms with van der Waals surface area (Å²) in [7, 11) is 0. The third-order valence-corrected chi connectivity index (χ3v) is 3.78. The third kappa shape index (κ3) is 3.97. The van der Waals surface area contributed by atoms with Crippen LogP contribution in [0.15, 0.2) is 24.3 Å². The number of carbonyl (C=O) groups is 1. The summed E-state index contributed by atoms with van der Waals surface area (Å²) in [5.74, 6) is 0.961. The zero-order valence-corrected chi connectivity index (χ0v) is 12.3. The Balaban J connectivity index is 1.88. The molecule has 0 radical (unpaired) electrons. The maximum atomic E-state index is 12.2. The molecule has 4 heteroatoms. The molecule has 1 aromatic rings. The van der Waals surface area contributed by atoms with E-state index < -0.39 is 5.60 Å². The standard InChI is InChI=1S/C16H23NO3/c1-3-20-14-6-4-13(5-7-14)12-15(18)17-10-8-16(2,19)9-11-17/h4-7,19H,3,8-12H2,1-2H3. The number of hydrogen-bond donors (Lipinski definition) is 1. The highest BCUT2D eigenvalue weighted by Gasteiger charge is 2.29. The van der Waals surface area contributed by atoms with Crippen molar-refractivity contribution in [2.24, 2.45) is 0 Å². The van der Waals surface area contributed by atoms with Crippen molar-refractivity contribution < 1.29 is 14.6 Å². The number of nitrogens with zero attached hydrogens (tertiary/aromatic N) is 1. The SMILES string of the molecule is CCOc1ccc(CC(=O)N2CCC(C)(O)CC2)cc1. The van der Waals surface area contributed by atoms with E-state index in [0.717, 1.165) is 11.3 Å². The number of likely N-dealkylation sites (tertiary alicyclic amines) is 1. The minimum Gasteiger partial charge on any atom is -0.494 e. The van der Waals surface area contributed by atoms with E-state index in [9.17, 15) is 9.90 Å². The fraction of sp³-hybridized carbons (Fsp3) is 0.562. The summed E-state index contributed by atoms with van der Waals surface area (Å²) in [6.07, 6.45) is 1.72. The van der Waals surface area contributed by atoms with E-state index in [2.05, 4.69) is 0 Å². The van der Waals surface area contributed by atoms with Crippen LogP contribution in [0.4, 0.5) is 0 Å². The number of aliphatic hydroxyl groups is 1. The molecule has 1 fully saturated rings. The van der Waals surface area contributed by atoms with E-state index in [1.807, 2.05) is 43.0 Å². The Morgan fingerprint density at radius 1 is 1.30 bits per heavy atom. The largest absolute Gasteiger partial charge is 0.494 e. The maximum Gasteiger partial charge on any atom is 0.226 e. The Kier molecular flexibility index (Phi) is 4.65. The summed E-state index contributed by atoms with van der Waals surface area (Å²) in [6, 6.07) is 7.66. The van der Waals surface area contributed by atoms with E-state index in [-0.39, 0.29) is 5.91 Å². The molecule has 1 aromatic carbocycles. The fourth-order valence-electron chi connectivity index (χ4n) is 2.39. The van der Waals surface area contributed by atoms with Crippen LogP contribution < -0.4 is 4.74 Å². The van der Waals surface area contributed by atoms with Crippen LogP contribution in [0.25, 0.3) is 0 Å². The van der Waals surface area contributed by atoms with Gasteiger partial charge in [-0.1, -0.05) is 12.1 Å². The molecule has 1 N–H and O–H groups in total. The Hall–Kier alpha value is -1.55. The van der Waals surface area contributed by atoms with E-state index in [0.29, 0.717) is 39.0 Å². The Labute approximate surface area is 120 Å². The van der Waals surface area contributed by atoms with Gasteiger partial charge >= 0.3 is 0 Å². The first-order valence-electron chi connectivity index (χ1n) is 7.22. The summed E-state index contributed by atoms with van der Waals surface area (Å²) < 4.78 is 5.38. The molecule has 0 bridgehead atoms. The lowest BCUT2D eigenvalue weighted by atomic mass is 9.93. The molecule has 0 saturated carbocycles. The van der Waals surface area contributed by atoms with Crippen molar-refractivity contribution in [2.45, 2.75) is 38.7 Å². The average Bonchev–Trinajstić information content (AvgIpc) is 2.41. The van der Waals surface area contributed by atoms with Gasteiger partial charge in [0.1, 0.15) is 5.75 Å². The maximum absolute atomic E-state index is 12.2. The second-order valence-electron chi connectivity index (χ2n) is 5.63. The zero-order chi connectivity index (χ0) is 14.6.